The van der Waals surface area contributed by atoms with Crippen molar-refractivity contribution in [3.63, 3.8) is 0 Å². The molecule has 6 atom stereocenters. The average molecular weight is 356 g/mol. The lowest BCUT2D eigenvalue weighted by Gasteiger charge is -2.58. The number of allylic oxidation sites excluding steroid dienone is 1. The highest BCUT2D eigenvalue weighted by molar-refractivity contribution is 5.66. The average Bonchev–Trinajstić information content (AvgIpc) is 3.14. The van der Waals surface area contributed by atoms with Gasteiger partial charge in [-0.05, 0) is 79.3 Å². The molecular formula is C22H28O4. The van der Waals surface area contributed by atoms with Gasteiger partial charge in [-0.25, -0.2) is 0 Å². The molecule has 3 fully saturated rings. The van der Waals surface area contributed by atoms with E-state index in [2.05, 4.69) is 25.1 Å². The molecular weight excluding hydrogens is 328 g/mol. The highest BCUT2D eigenvalue weighted by Gasteiger charge is 2.65. The Kier molecular flexibility index (Phi) is 3.35. The first-order valence-electron chi connectivity index (χ1n) is 9.99. The third-order valence-corrected chi connectivity index (χ3v) is 8.27. The van der Waals surface area contributed by atoms with E-state index in [4.69, 9.17) is 9.15 Å². The van der Waals surface area contributed by atoms with Crippen molar-refractivity contribution >= 4 is 12.0 Å². The quantitative estimate of drug-likeness (QED) is 0.803. The van der Waals surface area contributed by atoms with Crippen LogP contribution < -0.4 is 0 Å². The predicted molar refractivity (Wildman–Crippen MR) is 97.3 cm³/mol. The van der Waals surface area contributed by atoms with E-state index in [0.717, 1.165) is 44.3 Å². The molecule has 4 aliphatic rings. The van der Waals surface area contributed by atoms with Gasteiger partial charge in [-0.2, -0.15) is 0 Å². The van der Waals surface area contributed by atoms with Crippen LogP contribution in [0.1, 0.15) is 69.6 Å². The van der Waals surface area contributed by atoms with Crippen LogP contribution in [-0.4, -0.2) is 23.3 Å². The van der Waals surface area contributed by atoms with Crippen LogP contribution in [0.2, 0.25) is 0 Å². The van der Waals surface area contributed by atoms with Gasteiger partial charge in [0.2, 0.25) is 0 Å². The fraction of sp³-hybridized carbons (Fsp3) is 0.682. The maximum Gasteiger partial charge on any atom is 0.302 e. The van der Waals surface area contributed by atoms with Crippen molar-refractivity contribution < 1.29 is 19.1 Å². The second kappa shape index (κ2) is 5.25. The van der Waals surface area contributed by atoms with Gasteiger partial charge in [-0.1, -0.05) is 13.0 Å². The summed E-state index contributed by atoms with van der Waals surface area (Å²) in [4.78, 5) is 11.3. The lowest BCUT2D eigenvalue weighted by molar-refractivity contribution is -0.151. The standard InChI is InChI=1S/C22H28O4/c1-14(23)26-13-22(24)12-21-9-5-17-16-7-10-25-18(16)6-8-20(17,2)19(21)4-3-15(22)11-21/h6-8,10,15,17,19,24H,3-5,9,11-13H2,1-2H3/t15-,17?,19?,20+,21-,22-/m0/s1. The lowest BCUT2D eigenvalue weighted by Crippen LogP contribution is -2.49. The molecule has 4 aliphatic carbocycles. The molecule has 1 aromatic rings. The van der Waals surface area contributed by atoms with Crippen molar-refractivity contribution in [1.29, 1.82) is 0 Å². The first-order valence-corrected chi connectivity index (χ1v) is 9.99. The van der Waals surface area contributed by atoms with Gasteiger partial charge in [-0.15, -0.1) is 0 Å². The molecule has 0 saturated heterocycles. The van der Waals surface area contributed by atoms with E-state index in [9.17, 15) is 9.90 Å². The molecule has 3 saturated carbocycles. The molecule has 1 heterocycles. The van der Waals surface area contributed by atoms with Crippen LogP contribution in [0.25, 0.3) is 6.08 Å². The topological polar surface area (TPSA) is 59.7 Å². The Morgan fingerprint density at radius 2 is 2.23 bits per heavy atom. The Morgan fingerprint density at radius 3 is 3.04 bits per heavy atom. The number of furan rings is 1. The molecule has 26 heavy (non-hydrogen) atoms. The van der Waals surface area contributed by atoms with E-state index in [1.165, 1.54) is 12.5 Å². The maximum absolute atomic E-state index is 11.3. The number of carbonyl (C=O) groups excluding carboxylic acids is 1. The van der Waals surface area contributed by atoms with Crippen LogP contribution in [0.5, 0.6) is 0 Å². The summed E-state index contributed by atoms with van der Waals surface area (Å²) in [6, 6.07) is 2.15. The molecule has 1 N–H and O–H groups in total. The third kappa shape index (κ3) is 2.08. The predicted octanol–water partition coefficient (Wildman–Crippen LogP) is 4.29. The molecule has 0 aromatic carbocycles. The summed E-state index contributed by atoms with van der Waals surface area (Å²) in [7, 11) is 0. The van der Waals surface area contributed by atoms with Gasteiger partial charge in [0.25, 0.3) is 0 Å². The fourth-order valence-corrected chi connectivity index (χ4v) is 7.27. The van der Waals surface area contributed by atoms with E-state index >= 15 is 0 Å². The Bertz CT molecular complexity index is 779. The molecule has 4 heteroatoms. The van der Waals surface area contributed by atoms with Gasteiger partial charge < -0.3 is 14.3 Å². The van der Waals surface area contributed by atoms with Gasteiger partial charge in [0.15, 0.2) is 0 Å². The summed E-state index contributed by atoms with van der Waals surface area (Å²) in [5, 5.41) is 11.3. The van der Waals surface area contributed by atoms with Crippen LogP contribution >= 0.6 is 0 Å². The number of hydrogen-bond donors (Lipinski definition) is 1. The molecule has 0 aliphatic heterocycles. The molecule has 4 nitrogen and oxygen atoms in total. The van der Waals surface area contributed by atoms with Crippen LogP contribution in [-0.2, 0) is 9.53 Å². The first kappa shape index (κ1) is 16.6. The van der Waals surface area contributed by atoms with Gasteiger partial charge >= 0.3 is 5.97 Å². The highest BCUT2D eigenvalue weighted by Crippen LogP contribution is 2.71. The second-order valence-corrected chi connectivity index (χ2v) is 9.48. The zero-order valence-corrected chi connectivity index (χ0v) is 15.7. The summed E-state index contributed by atoms with van der Waals surface area (Å²) in [5.74, 6) is 2.06. The first-order chi connectivity index (χ1) is 12.4. The number of rotatable bonds is 2. The summed E-state index contributed by atoms with van der Waals surface area (Å²) in [6.45, 7) is 4.00. The zero-order chi connectivity index (χ0) is 18.2. The number of hydrogen-bond acceptors (Lipinski definition) is 4. The lowest BCUT2D eigenvalue weighted by atomic mass is 9.46. The molecule has 0 amide bonds. The van der Waals surface area contributed by atoms with E-state index in [1.54, 1.807) is 0 Å². The normalized spacial score (nSPS) is 45.6. The van der Waals surface area contributed by atoms with Crippen LogP contribution in [0, 0.1) is 22.7 Å². The van der Waals surface area contributed by atoms with E-state index in [1.807, 2.05) is 6.26 Å². The van der Waals surface area contributed by atoms with Crippen LogP contribution in [0.3, 0.4) is 0 Å². The number of fused-ring (bicyclic) bond motifs is 5. The highest BCUT2D eigenvalue weighted by atomic mass is 16.5. The van der Waals surface area contributed by atoms with Crippen molar-refractivity contribution in [2.24, 2.45) is 22.7 Å². The monoisotopic (exact) mass is 356 g/mol. The summed E-state index contributed by atoms with van der Waals surface area (Å²) < 4.78 is 10.9. The number of carbonyl (C=O) groups is 1. The Morgan fingerprint density at radius 1 is 1.38 bits per heavy atom. The largest absolute Gasteiger partial charge is 0.465 e. The summed E-state index contributed by atoms with van der Waals surface area (Å²) in [5.41, 5.74) is 0.810. The summed E-state index contributed by atoms with van der Waals surface area (Å²) >= 11 is 0. The Balaban J connectivity index is 1.48. The molecule has 5 rings (SSSR count). The van der Waals surface area contributed by atoms with Crippen molar-refractivity contribution in [1.82, 2.24) is 0 Å². The minimum Gasteiger partial charge on any atom is -0.465 e. The van der Waals surface area contributed by atoms with Crippen molar-refractivity contribution in [2.45, 2.75) is 63.9 Å². The van der Waals surface area contributed by atoms with Gasteiger partial charge in [-0.3, -0.25) is 4.79 Å². The van der Waals surface area contributed by atoms with Crippen LogP contribution in [0.15, 0.2) is 22.8 Å². The molecule has 2 unspecified atom stereocenters. The minimum atomic E-state index is -0.844. The van der Waals surface area contributed by atoms with E-state index < -0.39 is 5.60 Å². The van der Waals surface area contributed by atoms with Crippen molar-refractivity contribution in [2.75, 3.05) is 6.61 Å². The third-order valence-electron chi connectivity index (χ3n) is 8.27. The number of aliphatic hydroxyl groups is 1. The fourth-order valence-electron chi connectivity index (χ4n) is 7.27. The molecule has 0 radical (unpaired) electrons. The Hall–Kier alpha value is -1.55. The molecule has 140 valence electrons. The minimum absolute atomic E-state index is 0.118. The number of ether oxygens (including phenoxy) is 1. The van der Waals surface area contributed by atoms with Crippen LogP contribution in [0.4, 0.5) is 0 Å². The molecule has 2 bridgehead atoms. The van der Waals surface area contributed by atoms with E-state index in [0.29, 0.717) is 11.8 Å². The van der Waals surface area contributed by atoms with Gasteiger partial charge in [0.1, 0.15) is 18.0 Å². The maximum atomic E-state index is 11.3. The van der Waals surface area contributed by atoms with Gasteiger partial charge in [0, 0.05) is 12.5 Å². The number of esters is 1. The second-order valence-electron chi connectivity index (χ2n) is 9.48. The summed E-state index contributed by atoms with van der Waals surface area (Å²) in [6.07, 6.45) is 12.7. The van der Waals surface area contributed by atoms with Crippen molar-refractivity contribution in [3.8, 4) is 0 Å². The smallest absolute Gasteiger partial charge is 0.302 e. The SMILES string of the molecule is CC(=O)OC[C@@]1(O)C[C@@]23CCC4c5ccoc5C=C[C@@]4(C)C2CC[C@H]1C3. The Labute approximate surface area is 154 Å². The van der Waals surface area contributed by atoms with E-state index in [-0.39, 0.29) is 29.3 Å². The van der Waals surface area contributed by atoms with Gasteiger partial charge in [0.05, 0.1) is 6.26 Å². The zero-order valence-electron chi connectivity index (χ0n) is 15.7. The molecule has 1 aromatic heterocycles. The van der Waals surface area contributed by atoms with Crippen molar-refractivity contribution in [3.05, 3.63) is 29.7 Å². The molecule has 1 spiro atoms.